The van der Waals surface area contributed by atoms with Crippen molar-refractivity contribution < 1.29 is 0 Å². The zero-order valence-electron chi connectivity index (χ0n) is 11.4. The lowest BCUT2D eigenvalue weighted by Gasteiger charge is -2.17. The van der Waals surface area contributed by atoms with Crippen molar-refractivity contribution in [3.63, 3.8) is 0 Å². The van der Waals surface area contributed by atoms with Gasteiger partial charge in [0.2, 0.25) is 11.1 Å². The quantitative estimate of drug-likeness (QED) is 0.270. The number of nitrogens with one attached hydrogen (secondary N) is 2. The van der Waals surface area contributed by atoms with Gasteiger partial charge in [-0.1, -0.05) is 13.3 Å². The molecule has 108 valence electrons. The van der Waals surface area contributed by atoms with E-state index < -0.39 is 0 Å². The molecule has 8 nitrogen and oxygen atoms in total. The van der Waals surface area contributed by atoms with Crippen molar-refractivity contribution >= 4 is 28.4 Å². The fraction of sp³-hybridized carbons (Fsp3) is 0.455. The van der Waals surface area contributed by atoms with Gasteiger partial charge in [0.15, 0.2) is 12.2 Å². The Morgan fingerprint density at radius 3 is 2.90 bits per heavy atom. The normalized spacial score (nSPS) is 12.3. The van der Waals surface area contributed by atoms with Crippen molar-refractivity contribution in [2.75, 3.05) is 7.05 Å². The SMILES string of the molecule is CCCC(NC(=NC)NC#N)c1csc(N=C(N)N)n1. The Morgan fingerprint density at radius 1 is 1.60 bits per heavy atom. The number of nitrogens with two attached hydrogens (primary N) is 2. The zero-order chi connectivity index (χ0) is 15.0. The molecule has 0 radical (unpaired) electrons. The van der Waals surface area contributed by atoms with E-state index in [1.807, 2.05) is 11.6 Å². The van der Waals surface area contributed by atoms with Crippen LogP contribution in [0.25, 0.3) is 0 Å². The van der Waals surface area contributed by atoms with Gasteiger partial charge in [-0.15, -0.1) is 11.3 Å². The van der Waals surface area contributed by atoms with E-state index in [9.17, 15) is 0 Å². The number of guanidine groups is 2. The molecule has 0 aliphatic rings. The lowest BCUT2D eigenvalue weighted by Crippen LogP contribution is -2.37. The third-order valence-electron chi connectivity index (χ3n) is 2.38. The maximum absolute atomic E-state index is 8.64. The molecule has 1 rings (SSSR count). The minimum absolute atomic E-state index is 0.0205. The summed E-state index contributed by atoms with van der Waals surface area (Å²) >= 11 is 1.36. The summed E-state index contributed by atoms with van der Waals surface area (Å²) in [7, 11) is 1.60. The summed E-state index contributed by atoms with van der Waals surface area (Å²) in [5.41, 5.74) is 11.5. The third kappa shape index (κ3) is 4.74. The molecular weight excluding hydrogens is 276 g/mol. The van der Waals surface area contributed by atoms with Gasteiger partial charge in [0.1, 0.15) is 0 Å². The molecule has 6 N–H and O–H groups in total. The summed E-state index contributed by atoms with van der Waals surface area (Å²) < 4.78 is 0. The molecule has 0 aliphatic carbocycles. The average molecular weight is 294 g/mol. The Morgan fingerprint density at radius 2 is 2.35 bits per heavy atom. The molecule has 0 saturated carbocycles. The number of rotatable bonds is 5. The van der Waals surface area contributed by atoms with Crippen LogP contribution in [0.4, 0.5) is 5.13 Å². The van der Waals surface area contributed by atoms with Gasteiger partial charge in [-0.25, -0.2) is 4.98 Å². The molecule has 0 aliphatic heterocycles. The number of aliphatic imine (C=N–C) groups is 2. The molecule has 0 fully saturated rings. The number of nitriles is 1. The van der Waals surface area contributed by atoms with E-state index >= 15 is 0 Å². The van der Waals surface area contributed by atoms with E-state index in [2.05, 4.69) is 32.5 Å². The number of thiazole rings is 1. The van der Waals surface area contributed by atoms with Gasteiger partial charge in [-0.3, -0.25) is 10.3 Å². The molecule has 0 saturated heterocycles. The first-order chi connectivity index (χ1) is 9.60. The Bertz CT molecular complexity index is 523. The highest BCUT2D eigenvalue weighted by atomic mass is 32.1. The van der Waals surface area contributed by atoms with Gasteiger partial charge in [-0.05, 0) is 6.42 Å². The first kappa shape index (κ1) is 15.7. The molecule has 0 amide bonds. The number of nitrogens with zero attached hydrogens (tertiary/aromatic N) is 4. The second-order valence-corrected chi connectivity index (χ2v) is 4.72. The van der Waals surface area contributed by atoms with Gasteiger partial charge in [0.05, 0.1) is 11.7 Å². The predicted octanol–water partition coefficient (Wildman–Crippen LogP) is 0.535. The lowest BCUT2D eigenvalue weighted by atomic mass is 10.1. The van der Waals surface area contributed by atoms with E-state index in [4.69, 9.17) is 16.7 Å². The molecule has 0 bridgehead atoms. The topological polar surface area (TPSA) is 138 Å². The summed E-state index contributed by atoms with van der Waals surface area (Å²) in [5, 5.41) is 16.7. The summed E-state index contributed by atoms with van der Waals surface area (Å²) in [6.45, 7) is 2.07. The van der Waals surface area contributed by atoms with Crippen LogP contribution in [-0.4, -0.2) is 24.0 Å². The Hall–Kier alpha value is -2.34. The van der Waals surface area contributed by atoms with Gasteiger partial charge >= 0.3 is 0 Å². The van der Waals surface area contributed by atoms with Crippen LogP contribution in [-0.2, 0) is 0 Å². The third-order valence-corrected chi connectivity index (χ3v) is 3.13. The average Bonchev–Trinajstić information content (AvgIpc) is 2.84. The van der Waals surface area contributed by atoms with E-state index in [0.717, 1.165) is 18.5 Å². The van der Waals surface area contributed by atoms with Crippen LogP contribution in [0, 0.1) is 11.5 Å². The second-order valence-electron chi connectivity index (χ2n) is 3.89. The van der Waals surface area contributed by atoms with Crippen molar-refractivity contribution in [3.05, 3.63) is 11.1 Å². The molecule has 9 heteroatoms. The molecule has 1 aromatic rings. The van der Waals surface area contributed by atoms with Crippen LogP contribution in [0.15, 0.2) is 15.4 Å². The van der Waals surface area contributed by atoms with E-state index in [0.29, 0.717) is 11.1 Å². The van der Waals surface area contributed by atoms with E-state index in [-0.39, 0.29) is 12.0 Å². The van der Waals surface area contributed by atoms with Crippen LogP contribution >= 0.6 is 11.3 Å². The summed E-state index contributed by atoms with van der Waals surface area (Å²) in [6, 6.07) is -0.0567. The van der Waals surface area contributed by atoms with Crippen molar-refractivity contribution in [1.29, 1.82) is 5.26 Å². The predicted molar refractivity (Wildman–Crippen MR) is 80.5 cm³/mol. The van der Waals surface area contributed by atoms with Gasteiger partial charge < -0.3 is 16.8 Å². The minimum Gasteiger partial charge on any atom is -0.370 e. The van der Waals surface area contributed by atoms with E-state index in [1.54, 1.807) is 7.05 Å². The van der Waals surface area contributed by atoms with Crippen LogP contribution < -0.4 is 22.1 Å². The summed E-state index contributed by atoms with van der Waals surface area (Å²) in [6.07, 6.45) is 3.63. The Labute approximate surface area is 121 Å². The Balaban J connectivity index is 2.88. The highest BCUT2D eigenvalue weighted by Crippen LogP contribution is 2.25. The van der Waals surface area contributed by atoms with Crippen molar-refractivity contribution in [2.24, 2.45) is 21.5 Å². The minimum atomic E-state index is -0.0567. The van der Waals surface area contributed by atoms with Crippen molar-refractivity contribution in [2.45, 2.75) is 25.8 Å². The standard InChI is InChI=1S/C11H18N8S/c1-3-4-7(17-10(15-2)16-6-12)8-5-20-11(18-8)19-9(13)14/h5,7H,3-4H2,1-2H3,(H2,15,16,17)(H4,13,14,18,19). The fourth-order valence-electron chi connectivity index (χ4n) is 1.56. The maximum atomic E-state index is 8.64. The Kier molecular flexibility index (Phi) is 6.25. The van der Waals surface area contributed by atoms with Gasteiger partial charge in [0, 0.05) is 12.4 Å². The highest BCUT2D eigenvalue weighted by molar-refractivity contribution is 7.13. The van der Waals surface area contributed by atoms with Crippen LogP contribution in [0.1, 0.15) is 31.5 Å². The molecule has 0 spiro atoms. The smallest absolute Gasteiger partial charge is 0.212 e. The first-order valence-electron chi connectivity index (χ1n) is 6.04. The van der Waals surface area contributed by atoms with Gasteiger partial charge in [-0.2, -0.15) is 10.3 Å². The largest absolute Gasteiger partial charge is 0.370 e. The molecule has 0 aromatic carbocycles. The second kappa shape index (κ2) is 7.96. The molecule has 20 heavy (non-hydrogen) atoms. The van der Waals surface area contributed by atoms with Gasteiger partial charge in [0.25, 0.3) is 0 Å². The molecule has 1 atom stereocenters. The molecule has 1 heterocycles. The molecular formula is C11H18N8S. The van der Waals surface area contributed by atoms with Crippen molar-refractivity contribution in [1.82, 2.24) is 15.6 Å². The first-order valence-corrected chi connectivity index (χ1v) is 6.92. The van der Waals surface area contributed by atoms with E-state index in [1.165, 1.54) is 11.3 Å². The number of hydrogen-bond acceptors (Lipinski definition) is 5. The maximum Gasteiger partial charge on any atom is 0.212 e. The lowest BCUT2D eigenvalue weighted by molar-refractivity contribution is 0.564. The monoisotopic (exact) mass is 294 g/mol. The van der Waals surface area contributed by atoms with Crippen LogP contribution in [0.3, 0.4) is 0 Å². The van der Waals surface area contributed by atoms with Crippen molar-refractivity contribution in [3.8, 4) is 6.19 Å². The highest BCUT2D eigenvalue weighted by Gasteiger charge is 2.16. The van der Waals surface area contributed by atoms with Crippen LogP contribution in [0.2, 0.25) is 0 Å². The number of hydrogen-bond donors (Lipinski definition) is 4. The summed E-state index contributed by atoms with van der Waals surface area (Å²) in [5.74, 6) is 0.384. The zero-order valence-corrected chi connectivity index (χ0v) is 12.2. The summed E-state index contributed by atoms with van der Waals surface area (Å²) in [4.78, 5) is 12.2. The fourth-order valence-corrected chi connectivity index (χ4v) is 2.31. The molecule has 1 unspecified atom stereocenters. The van der Waals surface area contributed by atoms with Crippen LogP contribution in [0.5, 0.6) is 0 Å². The molecule has 1 aromatic heterocycles. The number of aromatic nitrogens is 1.